The topological polar surface area (TPSA) is 94.2 Å². The van der Waals surface area contributed by atoms with Crippen LogP contribution in [0.2, 0.25) is 0 Å². The number of anilines is 1. The average Bonchev–Trinajstić information content (AvgIpc) is 2.48. The summed E-state index contributed by atoms with van der Waals surface area (Å²) in [5.41, 5.74) is 0.596. The van der Waals surface area contributed by atoms with Gasteiger partial charge in [-0.2, -0.15) is 0 Å². The SMILES string of the molecule is Cc1ccc2c(c1)N(OC(=O)OC(C)(C)C)C(=O)[C@@H](NC(=O)OC(C)(C)C)C2. The summed E-state index contributed by atoms with van der Waals surface area (Å²) < 4.78 is 10.4. The van der Waals surface area contributed by atoms with Crippen LogP contribution in [0.15, 0.2) is 18.2 Å². The number of hydrogen-bond acceptors (Lipinski definition) is 6. The Labute approximate surface area is 165 Å². The van der Waals surface area contributed by atoms with E-state index in [1.54, 1.807) is 47.6 Å². The summed E-state index contributed by atoms with van der Waals surface area (Å²) in [6.07, 6.45) is -1.48. The Balaban J connectivity index is 2.26. The number of hydroxylamine groups is 1. The van der Waals surface area contributed by atoms with Crippen molar-refractivity contribution in [1.82, 2.24) is 5.32 Å². The minimum atomic E-state index is -1.01. The summed E-state index contributed by atoms with van der Waals surface area (Å²) in [7, 11) is 0. The van der Waals surface area contributed by atoms with Crippen LogP contribution in [0.5, 0.6) is 0 Å². The van der Waals surface area contributed by atoms with Crippen molar-refractivity contribution in [3.63, 3.8) is 0 Å². The largest absolute Gasteiger partial charge is 0.534 e. The lowest BCUT2D eigenvalue weighted by Crippen LogP contribution is -2.54. The Bertz CT molecular complexity index is 776. The second-order valence-corrected chi connectivity index (χ2v) is 8.72. The molecule has 8 heteroatoms. The van der Waals surface area contributed by atoms with Crippen LogP contribution in [0, 0.1) is 6.92 Å². The first-order valence-corrected chi connectivity index (χ1v) is 9.09. The van der Waals surface area contributed by atoms with E-state index in [-0.39, 0.29) is 6.42 Å². The Morgan fingerprint density at radius 2 is 1.68 bits per heavy atom. The number of benzene rings is 1. The summed E-state index contributed by atoms with van der Waals surface area (Å²) in [5, 5.41) is 3.42. The number of carbonyl (C=O) groups excluding carboxylic acids is 3. The molecule has 0 fully saturated rings. The van der Waals surface area contributed by atoms with Gasteiger partial charge in [0.2, 0.25) is 0 Å². The van der Waals surface area contributed by atoms with Crippen molar-refractivity contribution < 1.29 is 28.7 Å². The molecule has 1 aliphatic heterocycles. The third-order valence-electron chi connectivity index (χ3n) is 3.63. The number of hydrogen-bond donors (Lipinski definition) is 1. The molecule has 28 heavy (non-hydrogen) atoms. The Kier molecular flexibility index (Phi) is 5.91. The summed E-state index contributed by atoms with van der Waals surface area (Å²) in [6.45, 7) is 12.1. The summed E-state index contributed by atoms with van der Waals surface area (Å²) >= 11 is 0. The Hall–Kier alpha value is -2.77. The minimum absolute atomic E-state index is 0.252. The number of aryl methyl sites for hydroxylation is 1. The van der Waals surface area contributed by atoms with Crippen LogP contribution in [0.3, 0.4) is 0 Å². The van der Waals surface area contributed by atoms with Crippen LogP contribution >= 0.6 is 0 Å². The van der Waals surface area contributed by atoms with Gasteiger partial charge in [-0.05, 0) is 65.7 Å². The van der Waals surface area contributed by atoms with Crippen molar-refractivity contribution in [3.8, 4) is 0 Å². The van der Waals surface area contributed by atoms with Gasteiger partial charge < -0.3 is 14.8 Å². The van der Waals surface area contributed by atoms with Crippen molar-refractivity contribution in [1.29, 1.82) is 0 Å². The molecule has 1 aliphatic rings. The second-order valence-electron chi connectivity index (χ2n) is 8.72. The van der Waals surface area contributed by atoms with E-state index in [4.69, 9.17) is 14.3 Å². The maximum Gasteiger partial charge on any atom is 0.534 e. The van der Waals surface area contributed by atoms with Crippen LogP contribution in [-0.2, 0) is 25.5 Å². The van der Waals surface area contributed by atoms with Gasteiger partial charge in [0, 0.05) is 6.42 Å². The lowest BCUT2D eigenvalue weighted by molar-refractivity contribution is -0.128. The van der Waals surface area contributed by atoms with E-state index in [2.05, 4.69) is 5.32 Å². The second kappa shape index (κ2) is 7.69. The fourth-order valence-corrected chi connectivity index (χ4v) is 2.60. The monoisotopic (exact) mass is 392 g/mol. The molecule has 8 nitrogen and oxygen atoms in total. The van der Waals surface area contributed by atoms with Gasteiger partial charge in [-0.3, -0.25) is 9.63 Å². The van der Waals surface area contributed by atoms with Gasteiger partial charge in [0.1, 0.15) is 17.2 Å². The molecule has 0 saturated heterocycles. The third kappa shape index (κ3) is 5.87. The van der Waals surface area contributed by atoms with Gasteiger partial charge in [-0.15, -0.1) is 5.06 Å². The van der Waals surface area contributed by atoms with Crippen LogP contribution in [0.1, 0.15) is 52.7 Å². The van der Waals surface area contributed by atoms with E-state index in [1.807, 2.05) is 19.1 Å². The normalized spacial score (nSPS) is 16.9. The molecule has 1 aromatic carbocycles. The first-order chi connectivity index (χ1) is 12.7. The number of amides is 2. The lowest BCUT2D eigenvalue weighted by Gasteiger charge is -2.33. The zero-order chi connectivity index (χ0) is 21.3. The van der Waals surface area contributed by atoms with Gasteiger partial charge >= 0.3 is 12.2 Å². The van der Waals surface area contributed by atoms with Crippen LogP contribution in [0.25, 0.3) is 0 Å². The summed E-state index contributed by atoms with van der Waals surface area (Å²) in [4.78, 5) is 42.4. The highest BCUT2D eigenvalue weighted by atomic mass is 16.8. The van der Waals surface area contributed by atoms with Crippen molar-refractivity contribution >= 4 is 23.8 Å². The van der Waals surface area contributed by atoms with E-state index < -0.39 is 35.4 Å². The molecule has 1 aromatic rings. The van der Waals surface area contributed by atoms with Crippen LogP contribution in [0.4, 0.5) is 15.3 Å². The molecule has 0 bridgehead atoms. The molecular formula is C20H28N2O6. The Morgan fingerprint density at radius 3 is 2.25 bits per heavy atom. The molecule has 0 aliphatic carbocycles. The highest BCUT2D eigenvalue weighted by Gasteiger charge is 2.38. The standard InChI is InChI=1S/C20H28N2O6/c1-12-8-9-13-11-14(21-17(24)26-19(2,3)4)16(23)22(15(13)10-12)28-18(25)27-20(5,6)7/h8-10,14H,11H2,1-7H3,(H,21,24)/t14-/m0/s1. The number of nitrogens with zero attached hydrogens (tertiary/aromatic N) is 1. The maximum absolute atomic E-state index is 12.9. The maximum atomic E-state index is 12.9. The van der Waals surface area contributed by atoms with E-state index >= 15 is 0 Å². The van der Waals surface area contributed by atoms with Crippen molar-refractivity contribution in [2.45, 2.75) is 72.1 Å². The first kappa shape index (κ1) is 21.5. The highest BCUT2D eigenvalue weighted by molar-refractivity contribution is 6.01. The van der Waals surface area contributed by atoms with Crippen molar-refractivity contribution in [2.75, 3.05) is 5.06 Å². The first-order valence-electron chi connectivity index (χ1n) is 9.09. The van der Waals surface area contributed by atoms with Crippen LogP contribution in [-0.4, -0.2) is 35.4 Å². The molecule has 0 spiro atoms. The molecule has 0 unspecified atom stereocenters. The fourth-order valence-electron chi connectivity index (χ4n) is 2.60. The van der Waals surface area contributed by atoms with Crippen LogP contribution < -0.4 is 10.4 Å². The van der Waals surface area contributed by atoms with Gasteiger partial charge in [0.15, 0.2) is 0 Å². The number of ether oxygens (including phenoxy) is 2. The highest BCUT2D eigenvalue weighted by Crippen LogP contribution is 2.30. The van der Waals surface area contributed by atoms with Gasteiger partial charge in [0.05, 0.1) is 5.69 Å². The Morgan fingerprint density at radius 1 is 1.07 bits per heavy atom. The zero-order valence-electron chi connectivity index (χ0n) is 17.4. The molecule has 2 rings (SSSR count). The van der Waals surface area contributed by atoms with Gasteiger partial charge in [-0.25, -0.2) is 9.59 Å². The van der Waals surface area contributed by atoms with Crippen molar-refractivity contribution in [3.05, 3.63) is 29.3 Å². The smallest absolute Gasteiger partial charge is 0.444 e. The molecule has 1 N–H and O–H groups in total. The summed E-state index contributed by atoms with van der Waals surface area (Å²) in [5.74, 6) is -0.588. The van der Waals surface area contributed by atoms with Crippen molar-refractivity contribution in [2.24, 2.45) is 0 Å². The molecule has 2 amide bonds. The molecular weight excluding hydrogens is 364 g/mol. The van der Waals surface area contributed by atoms with E-state index in [9.17, 15) is 14.4 Å². The van der Waals surface area contributed by atoms with E-state index in [1.165, 1.54) is 0 Å². The van der Waals surface area contributed by atoms with Gasteiger partial charge in [-0.1, -0.05) is 12.1 Å². The lowest BCUT2D eigenvalue weighted by atomic mass is 9.97. The number of carbonyl (C=O) groups is 3. The number of fused-ring (bicyclic) bond motifs is 1. The molecule has 0 aromatic heterocycles. The third-order valence-corrected chi connectivity index (χ3v) is 3.63. The molecule has 0 radical (unpaired) electrons. The molecule has 0 saturated carbocycles. The summed E-state index contributed by atoms with van der Waals surface area (Å²) in [6, 6.07) is 4.51. The zero-order valence-corrected chi connectivity index (χ0v) is 17.4. The van der Waals surface area contributed by atoms with Gasteiger partial charge in [0.25, 0.3) is 5.91 Å². The number of rotatable bonds is 2. The number of alkyl carbamates (subject to hydrolysis) is 1. The predicted molar refractivity (Wildman–Crippen MR) is 103 cm³/mol. The van der Waals surface area contributed by atoms with E-state index in [0.717, 1.165) is 16.2 Å². The minimum Gasteiger partial charge on any atom is -0.444 e. The molecule has 154 valence electrons. The molecule has 1 atom stereocenters. The fraction of sp³-hybridized carbons (Fsp3) is 0.550. The average molecular weight is 392 g/mol. The van der Waals surface area contributed by atoms with E-state index in [0.29, 0.717) is 5.69 Å². The number of nitrogens with one attached hydrogen (secondary N) is 1. The predicted octanol–water partition coefficient (Wildman–Crippen LogP) is 3.64. The quantitative estimate of drug-likeness (QED) is 0.772. The molecule has 1 heterocycles.